The number of anilines is 1. The molecule has 0 bridgehead atoms. The molecule has 1 amide bonds. The van der Waals surface area contributed by atoms with Crippen molar-refractivity contribution in [2.45, 2.75) is 63.2 Å². The third-order valence-corrected chi connectivity index (χ3v) is 7.93. The van der Waals surface area contributed by atoms with Crippen molar-refractivity contribution in [3.63, 3.8) is 0 Å². The zero-order chi connectivity index (χ0) is 18.4. The lowest BCUT2D eigenvalue weighted by atomic mass is 10.0. The third kappa shape index (κ3) is 5.94. The Balaban J connectivity index is 1.34. The van der Waals surface area contributed by atoms with Crippen molar-refractivity contribution in [1.82, 2.24) is 15.3 Å². The number of aromatic amines is 1. The van der Waals surface area contributed by atoms with Crippen LogP contribution in [0.4, 0.5) is 5.95 Å². The lowest BCUT2D eigenvalue weighted by Crippen LogP contribution is -2.45. The number of unbranched alkanes of at least 4 members (excludes halogenated alkanes) is 1. The second kappa shape index (κ2) is 9.69. The van der Waals surface area contributed by atoms with E-state index in [0.29, 0.717) is 12.4 Å². The van der Waals surface area contributed by atoms with Crippen LogP contribution in [-0.4, -0.2) is 46.0 Å². The molecule has 26 heavy (non-hydrogen) atoms. The second-order valence-corrected chi connectivity index (χ2v) is 9.90. The molecule has 0 unspecified atom stereocenters. The standard InChI is InChI=1S/C18H28N4O2S2/c1-13-12-17(24)21-18(19-13)22-9-6-14(7-10-22)20-16(23)5-3-2-4-15-8-11-25-26-15/h12,14-15H,2-11H2,1H3,(H,20,23)(H,19,21,24)/t15-/m1/s1. The molecule has 3 rings (SSSR count). The molecule has 0 spiro atoms. The zero-order valence-electron chi connectivity index (χ0n) is 15.3. The van der Waals surface area contributed by atoms with Crippen LogP contribution in [0.2, 0.25) is 0 Å². The number of H-pyrrole nitrogens is 1. The van der Waals surface area contributed by atoms with E-state index in [0.717, 1.165) is 49.7 Å². The smallest absolute Gasteiger partial charge is 0.252 e. The molecular formula is C18H28N4O2S2. The summed E-state index contributed by atoms with van der Waals surface area (Å²) in [6, 6.07) is 1.73. The van der Waals surface area contributed by atoms with Gasteiger partial charge in [0.1, 0.15) is 0 Å². The van der Waals surface area contributed by atoms with Crippen LogP contribution in [0.1, 0.15) is 50.6 Å². The van der Waals surface area contributed by atoms with Crippen molar-refractivity contribution < 1.29 is 4.79 Å². The fourth-order valence-corrected chi connectivity index (χ4v) is 6.50. The lowest BCUT2D eigenvalue weighted by molar-refractivity contribution is -0.122. The van der Waals surface area contributed by atoms with Gasteiger partial charge in [0.15, 0.2) is 0 Å². The number of rotatable bonds is 7. The van der Waals surface area contributed by atoms with Crippen LogP contribution in [0.25, 0.3) is 0 Å². The number of aryl methyl sites for hydroxylation is 1. The van der Waals surface area contributed by atoms with Crippen molar-refractivity contribution >= 4 is 33.4 Å². The van der Waals surface area contributed by atoms with Crippen LogP contribution in [-0.2, 0) is 4.79 Å². The maximum Gasteiger partial charge on any atom is 0.252 e. The number of carbonyl (C=O) groups excluding carboxylic acids is 1. The van der Waals surface area contributed by atoms with Gasteiger partial charge in [0.05, 0.1) is 0 Å². The SMILES string of the molecule is Cc1cc(=O)[nH]c(N2CCC(NC(=O)CCCC[C@@H]3CCSS3)CC2)n1. The fourth-order valence-electron chi connectivity index (χ4n) is 3.47. The van der Waals surface area contributed by atoms with Crippen LogP contribution in [0, 0.1) is 6.92 Å². The molecule has 2 aliphatic heterocycles. The quantitative estimate of drug-likeness (QED) is 0.545. The minimum atomic E-state index is -0.113. The van der Waals surface area contributed by atoms with E-state index in [1.807, 2.05) is 28.5 Å². The highest BCUT2D eigenvalue weighted by Gasteiger charge is 2.22. The number of nitrogens with zero attached hydrogens (tertiary/aromatic N) is 2. The summed E-state index contributed by atoms with van der Waals surface area (Å²) in [4.78, 5) is 33.0. The number of hydrogen-bond donors (Lipinski definition) is 2. The van der Waals surface area contributed by atoms with E-state index in [9.17, 15) is 9.59 Å². The Labute approximate surface area is 162 Å². The molecule has 2 aliphatic rings. The highest BCUT2D eigenvalue weighted by molar-refractivity contribution is 8.77. The maximum atomic E-state index is 12.2. The molecule has 8 heteroatoms. The van der Waals surface area contributed by atoms with Crippen molar-refractivity contribution in [3.8, 4) is 0 Å². The number of nitrogens with one attached hydrogen (secondary N) is 2. The van der Waals surface area contributed by atoms with Crippen molar-refractivity contribution in [1.29, 1.82) is 0 Å². The van der Waals surface area contributed by atoms with E-state index < -0.39 is 0 Å². The minimum absolute atomic E-state index is 0.113. The predicted molar refractivity (Wildman–Crippen MR) is 110 cm³/mol. The summed E-state index contributed by atoms with van der Waals surface area (Å²) >= 11 is 0. The summed E-state index contributed by atoms with van der Waals surface area (Å²) in [5.41, 5.74) is 0.617. The number of aromatic nitrogens is 2. The summed E-state index contributed by atoms with van der Waals surface area (Å²) in [7, 11) is 3.99. The Bertz CT molecular complexity index is 653. The van der Waals surface area contributed by atoms with Gasteiger partial charge < -0.3 is 10.2 Å². The molecule has 2 fully saturated rings. The number of amides is 1. The first-order chi connectivity index (χ1) is 12.6. The van der Waals surface area contributed by atoms with Gasteiger partial charge in [0, 0.05) is 48.3 Å². The molecule has 0 radical (unpaired) electrons. The summed E-state index contributed by atoms with van der Waals surface area (Å²) in [5, 5.41) is 3.97. The van der Waals surface area contributed by atoms with E-state index in [2.05, 4.69) is 20.2 Å². The lowest BCUT2D eigenvalue weighted by Gasteiger charge is -2.32. The molecule has 1 aromatic rings. The van der Waals surface area contributed by atoms with Crippen LogP contribution in [0.3, 0.4) is 0 Å². The molecule has 1 aromatic heterocycles. The van der Waals surface area contributed by atoms with Crippen LogP contribution < -0.4 is 15.8 Å². The largest absolute Gasteiger partial charge is 0.353 e. The molecule has 144 valence electrons. The first-order valence-electron chi connectivity index (χ1n) is 9.51. The zero-order valence-corrected chi connectivity index (χ0v) is 17.0. The highest BCUT2D eigenvalue weighted by atomic mass is 33.1. The van der Waals surface area contributed by atoms with Gasteiger partial charge in [-0.1, -0.05) is 28.0 Å². The van der Waals surface area contributed by atoms with E-state index in [1.165, 1.54) is 24.7 Å². The topological polar surface area (TPSA) is 78.1 Å². The third-order valence-electron chi connectivity index (χ3n) is 4.92. The van der Waals surface area contributed by atoms with Gasteiger partial charge in [0.25, 0.3) is 5.56 Å². The van der Waals surface area contributed by atoms with Crippen LogP contribution >= 0.6 is 21.6 Å². The molecule has 0 aliphatic carbocycles. The minimum Gasteiger partial charge on any atom is -0.353 e. The normalized spacial score (nSPS) is 21.1. The fraction of sp³-hybridized carbons (Fsp3) is 0.722. The molecule has 2 saturated heterocycles. The first-order valence-corrected chi connectivity index (χ1v) is 11.9. The second-order valence-electron chi connectivity index (χ2n) is 7.11. The van der Waals surface area contributed by atoms with Crippen LogP contribution in [0.15, 0.2) is 10.9 Å². The summed E-state index contributed by atoms with van der Waals surface area (Å²) in [6.45, 7) is 3.43. The predicted octanol–water partition coefficient (Wildman–Crippen LogP) is 2.88. The Morgan fingerprint density at radius 1 is 1.35 bits per heavy atom. The molecule has 3 heterocycles. The van der Waals surface area contributed by atoms with E-state index in [-0.39, 0.29) is 17.5 Å². The van der Waals surface area contributed by atoms with Crippen molar-refractivity contribution in [2.75, 3.05) is 23.7 Å². The van der Waals surface area contributed by atoms with Gasteiger partial charge in [-0.25, -0.2) is 4.98 Å². The number of piperidine rings is 1. The van der Waals surface area contributed by atoms with Gasteiger partial charge in [-0.2, -0.15) is 0 Å². The monoisotopic (exact) mass is 396 g/mol. The molecular weight excluding hydrogens is 368 g/mol. The first kappa shape index (κ1) is 19.6. The highest BCUT2D eigenvalue weighted by Crippen LogP contribution is 2.39. The Hall–Kier alpha value is -1.15. The van der Waals surface area contributed by atoms with Crippen molar-refractivity contribution in [2.24, 2.45) is 0 Å². The van der Waals surface area contributed by atoms with Gasteiger partial charge in [-0.15, -0.1) is 0 Å². The summed E-state index contributed by atoms with van der Waals surface area (Å²) < 4.78 is 0. The maximum absolute atomic E-state index is 12.2. The van der Waals surface area contributed by atoms with Crippen LogP contribution in [0.5, 0.6) is 0 Å². The van der Waals surface area contributed by atoms with Gasteiger partial charge in [0.2, 0.25) is 11.9 Å². The molecule has 1 atom stereocenters. The molecule has 2 N–H and O–H groups in total. The molecule has 0 saturated carbocycles. The summed E-state index contributed by atoms with van der Waals surface area (Å²) in [5.74, 6) is 2.10. The van der Waals surface area contributed by atoms with E-state index in [4.69, 9.17) is 0 Å². The Morgan fingerprint density at radius 2 is 2.15 bits per heavy atom. The van der Waals surface area contributed by atoms with Crippen molar-refractivity contribution in [3.05, 3.63) is 22.1 Å². The number of hydrogen-bond acceptors (Lipinski definition) is 6. The Morgan fingerprint density at radius 3 is 2.85 bits per heavy atom. The average molecular weight is 397 g/mol. The number of carbonyl (C=O) groups is 1. The molecule has 6 nitrogen and oxygen atoms in total. The average Bonchev–Trinajstić information content (AvgIpc) is 3.12. The van der Waals surface area contributed by atoms with E-state index in [1.54, 1.807) is 0 Å². The van der Waals surface area contributed by atoms with Gasteiger partial charge in [-0.3, -0.25) is 14.6 Å². The molecule has 0 aromatic carbocycles. The van der Waals surface area contributed by atoms with Gasteiger partial charge >= 0.3 is 0 Å². The van der Waals surface area contributed by atoms with E-state index >= 15 is 0 Å². The Kier molecular flexibility index (Phi) is 7.31. The summed E-state index contributed by atoms with van der Waals surface area (Å²) in [6.07, 6.45) is 7.11. The van der Waals surface area contributed by atoms with Gasteiger partial charge in [-0.05, 0) is 39.0 Å².